The van der Waals surface area contributed by atoms with Gasteiger partial charge in [0.25, 0.3) is 0 Å². The number of aromatic nitrogens is 1. The zero-order valence-electron chi connectivity index (χ0n) is 9.04. The molecule has 0 unspecified atom stereocenters. The van der Waals surface area contributed by atoms with E-state index in [0.29, 0.717) is 17.4 Å². The van der Waals surface area contributed by atoms with E-state index in [0.717, 1.165) is 5.56 Å². The summed E-state index contributed by atoms with van der Waals surface area (Å²) in [5, 5.41) is 0.428. The van der Waals surface area contributed by atoms with Crippen molar-refractivity contribution in [2.75, 3.05) is 4.90 Å². The number of carbonyl (C=O) groups is 1. The number of rotatable bonds is 0. The minimum atomic E-state index is -0.250. The predicted molar refractivity (Wildman–Crippen MR) is 60.2 cm³/mol. The van der Waals surface area contributed by atoms with Crippen LogP contribution in [-0.2, 0) is 11.2 Å². The summed E-state index contributed by atoms with van der Waals surface area (Å²) in [6, 6.07) is 3.59. The molecule has 1 amide bonds. The number of carbonyl (C=O) groups excluding carboxylic acids is 1. The van der Waals surface area contributed by atoms with Crippen molar-refractivity contribution in [2.24, 2.45) is 0 Å². The number of hydrogen-bond donors (Lipinski definition) is 0. The van der Waals surface area contributed by atoms with Crippen LogP contribution in [0.4, 0.5) is 5.82 Å². The van der Waals surface area contributed by atoms with Gasteiger partial charge in [0, 0.05) is 11.1 Å². The van der Waals surface area contributed by atoms with Crippen molar-refractivity contribution in [3.05, 3.63) is 22.8 Å². The van der Waals surface area contributed by atoms with E-state index in [9.17, 15) is 4.79 Å². The van der Waals surface area contributed by atoms with Crippen molar-refractivity contribution in [2.45, 2.75) is 32.7 Å². The molecule has 0 saturated heterocycles. The van der Waals surface area contributed by atoms with E-state index in [-0.39, 0.29) is 11.4 Å². The van der Waals surface area contributed by atoms with Gasteiger partial charge in [-0.05, 0) is 26.8 Å². The summed E-state index contributed by atoms with van der Waals surface area (Å²) in [6.07, 6.45) is 0.427. The molecule has 1 aromatic rings. The maximum absolute atomic E-state index is 11.8. The summed E-state index contributed by atoms with van der Waals surface area (Å²) in [7, 11) is 0. The number of anilines is 1. The maximum atomic E-state index is 11.8. The van der Waals surface area contributed by atoms with Gasteiger partial charge in [-0.15, -0.1) is 0 Å². The second-order valence-corrected chi connectivity index (χ2v) is 5.08. The normalized spacial score (nSPS) is 15.7. The third-order valence-corrected chi connectivity index (χ3v) is 2.61. The fourth-order valence-corrected chi connectivity index (χ4v) is 1.98. The van der Waals surface area contributed by atoms with Crippen molar-refractivity contribution in [3.8, 4) is 0 Å². The van der Waals surface area contributed by atoms with Gasteiger partial charge in [0.1, 0.15) is 11.0 Å². The number of fused-ring (bicyclic) bond motifs is 1. The number of nitrogens with zero attached hydrogens (tertiary/aromatic N) is 2. The minimum absolute atomic E-state index is 0.0901. The van der Waals surface area contributed by atoms with Gasteiger partial charge < -0.3 is 0 Å². The van der Waals surface area contributed by atoms with Gasteiger partial charge in [-0.2, -0.15) is 0 Å². The Morgan fingerprint density at radius 3 is 2.67 bits per heavy atom. The van der Waals surface area contributed by atoms with Gasteiger partial charge in [0.05, 0.1) is 6.42 Å². The molecular weight excluding hydrogens is 212 g/mol. The SMILES string of the molecule is CC(C)(C)N1C(=O)Cc2ccc(Cl)nc21. The molecule has 3 nitrogen and oxygen atoms in total. The maximum Gasteiger partial charge on any atom is 0.233 e. The van der Waals surface area contributed by atoms with E-state index in [4.69, 9.17) is 11.6 Å². The molecule has 15 heavy (non-hydrogen) atoms. The molecule has 1 aliphatic heterocycles. The molecule has 0 atom stereocenters. The summed E-state index contributed by atoms with van der Waals surface area (Å²) in [5.74, 6) is 0.798. The molecule has 0 radical (unpaired) electrons. The van der Waals surface area contributed by atoms with Crippen LogP contribution in [0.15, 0.2) is 12.1 Å². The lowest BCUT2D eigenvalue weighted by Crippen LogP contribution is -2.44. The second-order valence-electron chi connectivity index (χ2n) is 4.69. The van der Waals surface area contributed by atoms with E-state index in [1.807, 2.05) is 26.8 Å². The summed E-state index contributed by atoms with van der Waals surface area (Å²) >= 11 is 5.84. The highest BCUT2D eigenvalue weighted by Gasteiger charge is 2.36. The molecule has 0 aliphatic carbocycles. The van der Waals surface area contributed by atoms with Gasteiger partial charge in [-0.1, -0.05) is 17.7 Å². The Morgan fingerprint density at radius 2 is 2.07 bits per heavy atom. The van der Waals surface area contributed by atoms with Crippen molar-refractivity contribution in [1.29, 1.82) is 0 Å². The first-order chi connectivity index (χ1) is 6.89. The molecule has 0 bridgehead atoms. The molecule has 0 fully saturated rings. The van der Waals surface area contributed by atoms with Gasteiger partial charge in [0.2, 0.25) is 5.91 Å². The summed E-state index contributed by atoms with van der Waals surface area (Å²) in [6.45, 7) is 5.97. The topological polar surface area (TPSA) is 33.2 Å². The number of amides is 1. The van der Waals surface area contributed by atoms with Crippen LogP contribution in [0.1, 0.15) is 26.3 Å². The van der Waals surface area contributed by atoms with E-state index in [2.05, 4.69) is 4.98 Å². The number of halogens is 1. The molecule has 2 heterocycles. The lowest BCUT2D eigenvalue weighted by Gasteiger charge is -2.31. The van der Waals surface area contributed by atoms with Crippen LogP contribution in [0.5, 0.6) is 0 Å². The Kier molecular flexibility index (Phi) is 2.23. The summed E-state index contributed by atoms with van der Waals surface area (Å²) in [5.41, 5.74) is 0.708. The molecule has 1 aromatic heterocycles. The fourth-order valence-electron chi connectivity index (χ4n) is 1.84. The largest absolute Gasteiger partial charge is 0.291 e. The number of hydrogen-bond acceptors (Lipinski definition) is 2. The Morgan fingerprint density at radius 1 is 1.40 bits per heavy atom. The molecule has 0 aromatic carbocycles. The fraction of sp³-hybridized carbons (Fsp3) is 0.455. The highest BCUT2D eigenvalue weighted by molar-refractivity contribution is 6.29. The van der Waals surface area contributed by atoms with Crippen LogP contribution in [0.25, 0.3) is 0 Å². The lowest BCUT2D eigenvalue weighted by molar-refractivity contribution is -0.118. The predicted octanol–water partition coefficient (Wildman–Crippen LogP) is 2.42. The zero-order chi connectivity index (χ0) is 11.2. The Balaban J connectivity index is 2.53. The average Bonchev–Trinajstić information content (AvgIpc) is 2.38. The molecule has 1 aliphatic rings. The first-order valence-electron chi connectivity index (χ1n) is 4.88. The van der Waals surface area contributed by atoms with E-state index in [1.54, 1.807) is 11.0 Å². The van der Waals surface area contributed by atoms with Crippen LogP contribution in [-0.4, -0.2) is 16.4 Å². The van der Waals surface area contributed by atoms with Crippen LogP contribution in [0.2, 0.25) is 5.15 Å². The molecule has 4 heteroatoms. The van der Waals surface area contributed by atoms with Gasteiger partial charge in [-0.25, -0.2) is 4.98 Å². The van der Waals surface area contributed by atoms with E-state index in [1.165, 1.54) is 0 Å². The first kappa shape index (κ1) is 10.4. The van der Waals surface area contributed by atoms with E-state index < -0.39 is 0 Å². The third-order valence-electron chi connectivity index (χ3n) is 2.40. The van der Waals surface area contributed by atoms with E-state index >= 15 is 0 Å². The molecular formula is C11H13ClN2O. The molecule has 80 valence electrons. The Labute approximate surface area is 94.1 Å². The Bertz CT molecular complexity index is 423. The first-order valence-corrected chi connectivity index (χ1v) is 5.26. The van der Waals surface area contributed by atoms with Gasteiger partial charge in [-0.3, -0.25) is 9.69 Å². The van der Waals surface area contributed by atoms with Gasteiger partial charge >= 0.3 is 0 Å². The highest BCUT2D eigenvalue weighted by Crippen LogP contribution is 2.33. The number of pyridine rings is 1. The average molecular weight is 225 g/mol. The minimum Gasteiger partial charge on any atom is -0.291 e. The molecule has 0 N–H and O–H groups in total. The molecule has 0 spiro atoms. The zero-order valence-corrected chi connectivity index (χ0v) is 9.80. The van der Waals surface area contributed by atoms with Crippen molar-refractivity contribution >= 4 is 23.3 Å². The Hall–Kier alpha value is -1.09. The lowest BCUT2D eigenvalue weighted by atomic mass is 10.1. The summed E-state index contributed by atoms with van der Waals surface area (Å²) in [4.78, 5) is 17.8. The smallest absolute Gasteiger partial charge is 0.233 e. The molecule has 0 saturated carbocycles. The molecule has 2 rings (SSSR count). The second kappa shape index (κ2) is 3.20. The third kappa shape index (κ3) is 1.72. The van der Waals surface area contributed by atoms with Crippen LogP contribution in [0, 0.1) is 0 Å². The van der Waals surface area contributed by atoms with Crippen molar-refractivity contribution < 1.29 is 4.79 Å². The van der Waals surface area contributed by atoms with Crippen LogP contribution < -0.4 is 4.90 Å². The summed E-state index contributed by atoms with van der Waals surface area (Å²) < 4.78 is 0. The van der Waals surface area contributed by atoms with Crippen LogP contribution >= 0.6 is 11.6 Å². The highest BCUT2D eigenvalue weighted by atomic mass is 35.5. The van der Waals surface area contributed by atoms with Gasteiger partial charge in [0.15, 0.2) is 0 Å². The van der Waals surface area contributed by atoms with Crippen molar-refractivity contribution in [1.82, 2.24) is 4.98 Å². The standard InChI is InChI=1S/C11H13ClN2O/c1-11(2,3)14-9(15)6-7-4-5-8(12)13-10(7)14/h4-5H,6H2,1-3H3. The monoisotopic (exact) mass is 224 g/mol. The van der Waals surface area contributed by atoms with Crippen molar-refractivity contribution in [3.63, 3.8) is 0 Å². The quantitative estimate of drug-likeness (QED) is 0.634. The van der Waals surface area contributed by atoms with Crippen LogP contribution in [0.3, 0.4) is 0 Å².